The first kappa shape index (κ1) is 13.1. The first-order chi connectivity index (χ1) is 7.75. The summed E-state index contributed by atoms with van der Waals surface area (Å²) in [5.74, 6) is 0.363. The van der Waals surface area contributed by atoms with Gasteiger partial charge in [-0.3, -0.25) is 4.57 Å². The molecule has 0 amide bonds. The number of imidazole rings is 1. The Morgan fingerprint density at radius 3 is 3.00 bits per heavy atom. The zero-order valence-corrected chi connectivity index (χ0v) is 9.33. The number of aromatic nitrogens is 2. The van der Waals surface area contributed by atoms with Crippen LogP contribution in [0.3, 0.4) is 0 Å². The molecular formula is C10H17F2N3O. The van der Waals surface area contributed by atoms with E-state index < -0.39 is 6.55 Å². The highest BCUT2D eigenvalue weighted by atomic mass is 19.3. The largest absolute Gasteiger partial charge is 0.385 e. The van der Waals surface area contributed by atoms with Gasteiger partial charge in [0.15, 0.2) is 0 Å². The van der Waals surface area contributed by atoms with Gasteiger partial charge in [0.25, 0.3) is 0 Å². The van der Waals surface area contributed by atoms with E-state index in [-0.39, 0.29) is 0 Å². The summed E-state index contributed by atoms with van der Waals surface area (Å²) in [6, 6.07) is 0. The number of nitrogens with one attached hydrogen (secondary N) is 1. The zero-order chi connectivity index (χ0) is 11.8. The molecule has 0 bridgehead atoms. The van der Waals surface area contributed by atoms with Crippen LogP contribution in [-0.4, -0.2) is 29.8 Å². The third kappa shape index (κ3) is 4.24. The van der Waals surface area contributed by atoms with Gasteiger partial charge < -0.3 is 10.1 Å². The van der Waals surface area contributed by atoms with Crippen LogP contribution >= 0.6 is 0 Å². The first-order valence-electron chi connectivity index (χ1n) is 5.25. The molecule has 0 aliphatic rings. The van der Waals surface area contributed by atoms with Crippen LogP contribution < -0.4 is 5.32 Å². The lowest BCUT2D eigenvalue weighted by molar-refractivity contribution is 0.0666. The molecule has 1 aromatic heterocycles. The van der Waals surface area contributed by atoms with Crippen molar-refractivity contribution in [1.29, 1.82) is 0 Å². The van der Waals surface area contributed by atoms with E-state index in [9.17, 15) is 8.78 Å². The first-order valence-corrected chi connectivity index (χ1v) is 5.25. The summed E-state index contributed by atoms with van der Waals surface area (Å²) in [6.45, 7) is -0.648. The van der Waals surface area contributed by atoms with E-state index in [4.69, 9.17) is 4.74 Å². The van der Waals surface area contributed by atoms with E-state index in [0.717, 1.165) is 30.6 Å². The maximum Gasteiger partial charge on any atom is 0.319 e. The highest BCUT2D eigenvalue weighted by Crippen LogP contribution is 2.11. The standard InChI is InChI=1S/C10H17F2N3O/c1-16-7-3-2-4-13-8-9-14-5-6-15(9)10(11)12/h5-6,10,13H,2-4,7-8H2,1H3. The molecule has 0 unspecified atom stereocenters. The quantitative estimate of drug-likeness (QED) is 0.696. The number of methoxy groups -OCH3 is 1. The Bertz CT molecular complexity index is 291. The second-order valence-corrected chi connectivity index (χ2v) is 3.41. The molecule has 16 heavy (non-hydrogen) atoms. The van der Waals surface area contributed by atoms with Crippen molar-refractivity contribution in [1.82, 2.24) is 14.9 Å². The zero-order valence-electron chi connectivity index (χ0n) is 9.33. The summed E-state index contributed by atoms with van der Waals surface area (Å²) in [6.07, 6.45) is 4.59. The van der Waals surface area contributed by atoms with Crippen molar-refractivity contribution in [3.63, 3.8) is 0 Å². The molecule has 4 nitrogen and oxygen atoms in total. The summed E-state index contributed by atoms with van der Waals surface area (Å²) in [5, 5.41) is 3.07. The van der Waals surface area contributed by atoms with Crippen LogP contribution in [0.1, 0.15) is 25.2 Å². The minimum atomic E-state index is -2.52. The molecule has 0 radical (unpaired) electrons. The lowest BCUT2D eigenvalue weighted by Crippen LogP contribution is -2.18. The number of halogens is 2. The maximum absolute atomic E-state index is 12.4. The minimum absolute atomic E-state index is 0.363. The number of nitrogens with zero attached hydrogens (tertiary/aromatic N) is 2. The fourth-order valence-corrected chi connectivity index (χ4v) is 1.36. The van der Waals surface area contributed by atoms with Gasteiger partial charge in [-0.1, -0.05) is 0 Å². The van der Waals surface area contributed by atoms with Gasteiger partial charge in [0.05, 0.1) is 6.54 Å². The van der Waals surface area contributed by atoms with Crippen molar-refractivity contribution in [2.75, 3.05) is 20.3 Å². The third-order valence-electron chi connectivity index (χ3n) is 2.19. The smallest absolute Gasteiger partial charge is 0.319 e. The fourth-order valence-electron chi connectivity index (χ4n) is 1.36. The average molecular weight is 233 g/mol. The number of rotatable bonds is 8. The van der Waals surface area contributed by atoms with Gasteiger partial charge in [-0.25, -0.2) is 4.98 Å². The highest BCUT2D eigenvalue weighted by Gasteiger charge is 2.10. The Hall–Kier alpha value is -1.01. The van der Waals surface area contributed by atoms with E-state index in [1.165, 1.54) is 12.4 Å². The van der Waals surface area contributed by atoms with Crippen LogP contribution in [0, 0.1) is 0 Å². The van der Waals surface area contributed by atoms with Gasteiger partial charge in [-0.05, 0) is 19.4 Å². The molecule has 0 saturated carbocycles. The van der Waals surface area contributed by atoms with Gasteiger partial charge in [0.1, 0.15) is 5.82 Å². The SMILES string of the molecule is COCCCCNCc1nccn1C(F)F. The molecule has 6 heteroatoms. The Morgan fingerprint density at radius 1 is 1.50 bits per heavy atom. The number of hydrogen-bond donors (Lipinski definition) is 1. The van der Waals surface area contributed by atoms with Crippen LogP contribution in [0.25, 0.3) is 0 Å². The highest BCUT2D eigenvalue weighted by molar-refractivity contribution is 4.92. The number of ether oxygens (including phenoxy) is 1. The van der Waals surface area contributed by atoms with Gasteiger partial charge in [-0.15, -0.1) is 0 Å². The fraction of sp³-hybridized carbons (Fsp3) is 0.700. The summed E-state index contributed by atoms with van der Waals surface area (Å²) in [5.41, 5.74) is 0. The van der Waals surface area contributed by atoms with Crippen molar-refractivity contribution in [2.24, 2.45) is 0 Å². The average Bonchev–Trinajstić information content (AvgIpc) is 2.71. The van der Waals surface area contributed by atoms with E-state index in [1.54, 1.807) is 7.11 Å². The van der Waals surface area contributed by atoms with E-state index in [2.05, 4.69) is 10.3 Å². The molecule has 1 rings (SSSR count). The Morgan fingerprint density at radius 2 is 2.31 bits per heavy atom. The summed E-state index contributed by atoms with van der Waals surface area (Å²) in [4.78, 5) is 3.87. The van der Waals surface area contributed by atoms with E-state index in [1.807, 2.05) is 0 Å². The normalized spacial score (nSPS) is 11.2. The lowest BCUT2D eigenvalue weighted by atomic mass is 10.3. The molecule has 1 heterocycles. The van der Waals surface area contributed by atoms with Crippen molar-refractivity contribution in [2.45, 2.75) is 25.9 Å². The molecule has 1 aromatic rings. The molecule has 0 atom stereocenters. The monoisotopic (exact) mass is 233 g/mol. The molecular weight excluding hydrogens is 216 g/mol. The Kier molecular flexibility index (Phi) is 5.95. The lowest BCUT2D eigenvalue weighted by Gasteiger charge is -2.07. The second-order valence-electron chi connectivity index (χ2n) is 3.41. The summed E-state index contributed by atoms with van der Waals surface area (Å²) in [7, 11) is 1.66. The number of alkyl halides is 2. The molecule has 0 spiro atoms. The maximum atomic E-state index is 12.4. The van der Waals surface area contributed by atoms with Crippen LogP contribution in [0.4, 0.5) is 8.78 Å². The Labute approximate surface area is 93.6 Å². The molecule has 0 fully saturated rings. The van der Waals surface area contributed by atoms with Gasteiger partial charge in [-0.2, -0.15) is 8.78 Å². The Balaban J connectivity index is 2.19. The van der Waals surface area contributed by atoms with Crippen molar-refractivity contribution in [3.8, 4) is 0 Å². The van der Waals surface area contributed by atoms with E-state index >= 15 is 0 Å². The predicted octanol–water partition coefficient (Wildman–Crippen LogP) is 1.79. The van der Waals surface area contributed by atoms with Crippen LogP contribution in [0.15, 0.2) is 12.4 Å². The van der Waals surface area contributed by atoms with Crippen molar-refractivity contribution in [3.05, 3.63) is 18.2 Å². The second kappa shape index (κ2) is 7.29. The van der Waals surface area contributed by atoms with Gasteiger partial charge in [0.2, 0.25) is 0 Å². The van der Waals surface area contributed by atoms with Crippen LogP contribution in [0.5, 0.6) is 0 Å². The molecule has 0 aliphatic carbocycles. The molecule has 0 saturated heterocycles. The van der Waals surface area contributed by atoms with Gasteiger partial charge in [0, 0.05) is 26.1 Å². The van der Waals surface area contributed by atoms with Gasteiger partial charge >= 0.3 is 6.55 Å². The minimum Gasteiger partial charge on any atom is -0.385 e. The number of unbranched alkanes of at least 4 members (excludes halogenated alkanes) is 1. The molecule has 92 valence electrons. The third-order valence-corrected chi connectivity index (χ3v) is 2.19. The molecule has 1 N–H and O–H groups in total. The van der Waals surface area contributed by atoms with Crippen molar-refractivity contribution >= 4 is 0 Å². The van der Waals surface area contributed by atoms with Crippen LogP contribution in [-0.2, 0) is 11.3 Å². The van der Waals surface area contributed by atoms with E-state index in [0.29, 0.717) is 12.4 Å². The molecule has 0 aliphatic heterocycles. The molecule has 0 aromatic carbocycles. The number of hydrogen-bond acceptors (Lipinski definition) is 3. The summed E-state index contributed by atoms with van der Waals surface area (Å²) >= 11 is 0. The van der Waals surface area contributed by atoms with Crippen LogP contribution in [0.2, 0.25) is 0 Å². The topological polar surface area (TPSA) is 39.1 Å². The van der Waals surface area contributed by atoms with Crippen molar-refractivity contribution < 1.29 is 13.5 Å². The summed E-state index contributed by atoms with van der Waals surface area (Å²) < 4.78 is 30.6. The predicted molar refractivity (Wildman–Crippen MR) is 56.3 cm³/mol.